The van der Waals surface area contributed by atoms with Gasteiger partial charge in [0.15, 0.2) is 0 Å². The normalized spacial score (nSPS) is 19.9. The highest BCUT2D eigenvalue weighted by molar-refractivity contribution is 7.80. The Balaban J connectivity index is 1.92. The van der Waals surface area contributed by atoms with Gasteiger partial charge in [-0.3, -0.25) is 0 Å². The van der Waals surface area contributed by atoms with Crippen LogP contribution in [0.2, 0.25) is 0 Å². The molecule has 2 aromatic rings. The molecule has 1 aliphatic heterocycles. The van der Waals surface area contributed by atoms with Crippen molar-refractivity contribution < 1.29 is 9.31 Å². The molecule has 5 heteroatoms. The van der Waals surface area contributed by atoms with E-state index in [4.69, 9.17) is 15.0 Å². The highest BCUT2D eigenvalue weighted by atomic mass is 32.1. The molecule has 2 aromatic carbocycles. The molecule has 2 N–H and O–H groups in total. The van der Waals surface area contributed by atoms with E-state index in [9.17, 15) is 0 Å². The molecule has 1 aliphatic rings. The number of fused-ring (bicyclic) bond motifs is 1. The number of hydrogen-bond acceptors (Lipinski definition) is 4. The van der Waals surface area contributed by atoms with Gasteiger partial charge < -0.3 is 15.0 Å². The molecule has 0 unspecified atom stereocenters. The number of nitrogens with two attached hydrogens (primary N) is 1. The first kappa shape index (κ1) is 17.4. The van der Waals surface area contributed by atoms with Gasteiger partial charge in [0.2, 0.25) is 0 Å². The maximum absolute atomic E-state index is 6.14. The summed E-state index contributed by atoms with van der Waals surface area (Å²) in [6.45, 7) is 8.24. The van der Waals surface area contributed by atoms with Gasteiger partial charge in [0, 0.05) is 11.4 Å². The molecular weight excluding hydrogens is 317 g/mol. The lowest BCUT2D eigenvalue weighted by Gasteiger charge is -2.32. The average Bonchev–Trinajstić information content (AvgIpc) is 2.73. The summed E-state index contributed by atoms with van der Waals surface area (Å²) in [5, 5.41) is 2.29. The number of rotatable bonds is 3. The van der Waals surface area contributed by atoms with Crippen molar-refractivity contribution in [2.75, 3.05) is 11.5 Å². The summed E-state index contributed by atoms with van der Waals surface area (Å²) >= 11 is 4.48. The van der Waals surface area contributed by atoms with E-state index in [1.165, 1.54) is 0 Å². The van der Waals surface area contributed by atoms with Crippen LogP contribution >= 0.6 is 12.6 Å². The third-order valence-corrected chi connectivity index (χ3v) is 5.34. The van der Waals surface area contributed by atoms with Crippen molar-refractivity contribution >= 4 is 42.3 Å². The van der Waals surface area contributed by atoms with E-state index >= 15 is 0 Å². The van der Waals surface area contributed by atoms with Crippen LogP contribution in [0.15, 0.2) is 41.9 Å². The van der Waals surface area contributed by atoms with Crippen molar-refractivity contribution in [3.63, 3.8) is 0 Å². The van der Waals surface area contributed by atoms with Crippen LogP contribution in [0, 0.1) is 0 Å². The van der Waals surface area contributed by atoms with Gasteiger partial charge in [-0.2, -0.15) is 12.6 Å². The molecule has 0 bridgehead atoms. The number of anilines is 1. The van der Waals surface area contributed by atoms with Crippen LogP contribution in [-0.2, 0) is 9.31 Å². The SMILES string of the molecule is CC1(C)OB(C(=Cc2ccc3cc(N)ccc3c2)CS)OC1(C)C. The van der Waals surface area contributed by atoms with Gasteiger partial charge in [-0.15, -0.1) is 0 Å². The zero-order valence-corrected chi connectivity index (χ0v) is 15.6. The molecule has 1 saturated heterocycles. The smallest absolute Gasteiger partial charge is 0.400 e. The highest BCUT2D eigenvalue weighted by Crippen LogP contribution is 2.39. The Bertz CT molecular complexity index is 785. The number of hydrogen-bond donors (Lipinski definition) is 2. The number of thiol groups is 1. The van der Waals surface area contributed by atoms with Gasteiger partial charge in [-0.05, 0) is 67.7 Å². The summed E-state index contributed by atoms with van der Waals surface area (Å²) in [7, 11) is -0.366. The van der Waals surface area contributed by atoms with Crippen molar-refractivity contribution in [3.05, 3.63) is 47.4 Å². The molecule has 0 aliphatic carbocycles. The molecule has 0 aromatic heterocycles. The summed E-state index contributed by atoms with van der Waals surface area (Å²) < 4.78 is 12.3. The van der Waals surface area contributed by atoms with E-state index in [1.54, 1.807) is 0 Å². The molecule has 0 spiro atoms. The predicted molar refractivity (Wildman–Crippen MR) is 106 cm³/mol. The Labute approximate surface area is 149 Å². The van der Waals surface area contributed by atoms with E-state index in [-0.39, 0.29) is 18.3 Å². The van der Waals surface area contributed by atoms with E-state index in [0.29, 0.717) is 5.75 Å². The second-order valence-corrected chi connectivity index (χ2v) is 7.65. The number of benzene rings is 2. The molecule has 0 atom stereocenters. The topological polar surface area (TPSA) is 44.5 Å². The molecule has 24 heavy (non-hydrogen) atoms. The minimum absolute atomic E-state index is 0.347. The molecule has 3 rings (SSSR count). The lowest BCUT2D eigenvalue weighted by atomic mass is 9.78. The summed E-state index contributed by atoms with van der Waals surface area (Å²) in [6, 6.07) is 12.2. The van der Waals surface area contributed by atoms with Crippen LogP contribution in [0.25, 0.3) is 16.8 Å². The van der Waals surface area contributed by atoms with Crippen molar-refractivity contribution in [2.24, 2.45) is 0 Å². The minimum Gasteiger partial charge on any atom is -0.400 e. The fraction of sp³-hybridized carbons (Fsp3) is 0.368. The third-order valence-electron chi connectivity index (χ3n) is 4.98. The van der Waals surface area contributed by atoms with E-state index in [0.717, 1.165) is 27.5 Å². The molecule has 1 fully saturated rings. The van der Waals surface area contributed by atoms with Crippen LogP contribution in [0.1, 0.15) is 33.3 Å². The molecule has 126 valence electrons. The zero-order valence-electron chi connectivity index (χ0n) is 14.7. The lowest BCUT2D eigenvalue weighted by Crippen LogP contribution is -2.41. The van der Waals surface area contributed by atoms with Crippen LogP contribution in [-0.4, -0.2) is 24.1 Å². The Morgan fingerprint density at radius 3 is 2.25 bits per heavy atom. The maximum atomic E-state index is 6.14. The van der Waals surface area contributed by atoms with Gasteiger partial charge in [0.05, 0.1) is 11.2 Å². The van der Waals surface area contributed by atoms with Crippen molar-refractivity contribution in [1.82, 2.24) is 0 Å². The van der Waals surface area contributed by atoms with Gasteiger partial charge in [-0.25, -0.2) is 0 Å². The van der Waals surface area contributed by atoms with Gasteiger partial charge in [-0.1, -0.05) is 24.3 Å². The average molecular weight is 341 g/mol. The van der Waals surface area contributed by atoms with Gasteiger partial charge >= 0.3 is 7.12 Å². The number of nitrogen functional groups attached to an aromatic ring is 1. The molecule has 3 nitrogen and oxygen atoms in total. The second-order valence-electron chi connectivity index (χ2n) is 7.33. The fourth-order valence-electron chi connectivity index (χ4n) is 2.77. The molecule has 0 saturated carbocycles. The largest absolute Gasteiger partial charge is 0.491 e. The molecular formula is C19H24BNO2S. The van der Waals surface area contributed by atoms with Crippen LogP contribution < -0.4 is 5.73 Å². The van der Waals surface area contributed by atoms with Gasteiger partial charge in [0.25, 0.3) is 0 Å². The zero-order chi connectivity index (χ0) is 17.5. The van der Waals surface area contributed by atoms with E-state index in [1.807, 2.05) is 18.2 Å². The monoisotopic (exact) mass is 341 g/mol. The summed E-state index contributed by atoms with van der Waals surface area (Å²) in [6.07, 6.45) is 2.10. The standard InChI is InChI=1S/C19H24BNO2S/c1-18(2)19(3,4)23-20(22-18)16(12-24)10-13-5-6-15-11-17(21)8-7-14(15)9-13/h5-11,24H,12,21H2,1-4H3. The Morgan fingerprint density at radius 1 is 1.04 bits per heavy atom. The quantitative estimate of drug-likeness (QED) is 0.495. The first-order valence-electron chi connectivity index (χ1n) is 8.18. The lowest BCUT2D eigenvalue weighted by molar-refractivity contribution is 0.00578. The summed E-state index contributed by atoms with van der Waals surface area (Å²) in [4.78, 5) is 0. The fourth-order valence-corrected chi connectivity index (χ4v) is 3.01. The van der Waals surface area contributed by atoms with Crippen LogP contribution in [0.4, 0.5) is 5.69 Å². The van der Waals surface area contributed by atoms with Crippen molar-refractivity contribution in [3.8, 4) is 0 Å². The summed E-state index contributed by atoms with van der Waals surface area (Å²) in [5.74, 6) is 0.580. The molecule has 0 radical (unpaired) electrons. The Hall–Kier alpha value is -1.43. The van der Waals surface area contributed by atoms with E-state index in [2.05, 4.69) is 64.6 Å². The van der Waals surface area contributed by atoms with Crippen molar-refractivity contribution in [2.45, 2.75) is 38.9 Å². The van der Waals surface area contributed by atoms with E-state index < -0.39 is 0 Å². The minimum atomic E-state index is -0.366. The highest BCUT2D eigenvalue weighted by Gasteiger charge is 2.52. The third kappa shape index (κ3) is 3.21. The summed E-state index contributed by atoms with van der Waals surface area (Å²) in [5.41, 5.74) is 8.05. The Morgan fingerprint density at radius 2 is 1.62 bits per heavy atom. The van der Waals surface area contributed by atoms with Gasteiger partial charge in [0.1, 0.15) is 0 Å². The van der Waals surface area contributed by atoms with Crippen LogP contribution in [0.5, 0.6) is 0 Å². The molecule has 1 heterocycles. The van der Waals surface area contributed by atoms with Crippen molar-refractivity contribution in [1.29, 1.82) is 0 Å². The maximum Gasteiger partial charge on any atom is 0.491 e. The molecule has 0 amide bonds. The first-order chi connectivity index (χ1) is 11.2. The Kier molecular flexibility index (Phi) is 4.45. The first-order valence-corrected chi connectivity index (χ1v) is 8.81. The van der Waals surface area contributed by atoms with Crippen LogP contribution in [0.3, 0.4) is 0 Å². The predicted octanol–water partition coefficient (Wildman–Crippen LogP) is 4.37. The second kappa shape index (κ2) is 6.14.